The van der Waals surface area contributed by atoms with Crippen molar-refractivity contribution in [3.63, 3.8) is 0 Å². The molecular formula is C12H20N4OS. The van der Waals surface area contributed by atoms with Gasteiger partial charge < -0.3 is 15.5 Å². The van der Waals surface area contributed by atoms with Gasteiger partial charge in [0.25, 0.3) is 0 Å². The molecule has 2 rings (SSSR count). The number of thiazole rings is 1. The van der Waals surface area contributed by atoms with Gasteiger partial charge in [0, 0.05) is 37.8 Å². The van der Waals surface area contributed by atoms with Crippen molar-refractivity contribution in [2.75, 3.05) is 31.1 Å². The van der Waals surface area contributed by atoms with Gasteiger partial charge in [-0.15, -0.1) is 11.3 Å². The standard InChI is InChI=1S/C12H20N4OS/c1-9(2)10(13)11(17)15-4-6-16(7-5-15)12-14-3-8-18-12/h3,8-10H,4-7,13H2,1-2H3. The lowest BCUT2D eigenvalue weighted by molar-refractivity contribution is -0.133. The average Bonchev–Trinajstić information content (AvgIpc) is 2.91. The summed E-state index contributed by atoms with van der Waals surface area (Å²) in [5.41, 5.74) is 5.90. The van der Waals surface area contributed by atoms with Gasteiger partial charge in [-0.3, -0.25) is 4.79 Å². The number of rotatable bonds is 3. The average molecular weight is 268 g/mol. The molecule has 1 saturated heterocycles. The lowest BCUT2D eigenvalue weighted by Gasteiger charge is -2.36. The van der Waals surface area contributed by atoms with Crippen LogP contribution in [0.2, 0.25) is 0 Å². The molecule has 0 spiro atoms. The van der Waals surface area contributed by atoms with Gasteiger partial charge in [-0.05, 0) is 5.92 Å². The Morgan fingerprint density at radius 3 is 2.56 bits per heavy atom. The van der Waals surface area contributed by atoms with Gasteiger partial charge in [0.15, 0.2) is 5.13 Å². The molecule has 1 fully saturated rings. The van der Waals surface area contributed by atoms with Crippen LogP contribution in [0.4, 0.5) is 5.13 Å². The predicted octanol–water partition coefficient (Wildman–Crippen LogP) is 0.775. The first-order valence-corrected chi connectivity index (χ1v) is 7.16. The summed E-state index contributed by atoms with van der Waals surface area (Å²) in [5, 5.41) is 3.01. The Hall–Kier alpha value is -1.14. The number of piperazine rings is 1. The van der Waals surface area contributed by atoms with Crippen LogP contribution in [0.5, 0.6) is 0 Å². The van der Waals surface area contributed by atoms with Crippen LogP contribution in [0, 0.1) is 5.92 Å². The normalized spacial score (nSPS) is 18.2. The Balaban J connectivity index is 1.89. The second kappa shape index (κ2) is 5.67. The molecule has 0 aromatic carbocycles. The molecule has 0 radical (unpaired) electrons. The minimum atomic E-state index is -0.378. The third kappa shape index (κ3) is 2.81. The maximum atomic E-state index is 12.1. The molecule has 1 aliphatic rings. The smallest absolute Gasteiger partial charge is 0.239 e. The number of anilines is 1. The Labute approximate surface area is 112 Å². The highest BCUT2D eigenvalue weighted by Crippen LogP contribution is 2.19. The molecule has 2 N–H and O–H groups in total. The molecular weight excluding hydrogens is 248 g/mol. The highest BCUT2D eigenvalue weighted by atomic mass is 32.1. The first-order chi connectivity index (χ1) is 8.59. The summed E-state index contributed by atoms with van der Waals surface area (Å²) >= 11 is 1.64. The van der Waals surface area contributed by atoms with Crippen molar-refractivity contribution in [3.8, 4) is 0 Å². The Morgan fingerprint density at radius 2 is 2.06 bits per heavy atom. The minimum Gasteiger partial charge on any atom is -0.345 e. The lowest BCUT2D eigenvalue weighted by atomic mass is 10.0. The fourth-order valence-electron chi connectivity index (χ4n) is 1.99. The number of aromatic nitrogens is 1. The van der Waals surface area contributed by atoms with Gasteiger partial charge in [0.2, 0.25) is 5.91 Å². The van der Waals surface area contributed by atoms with Crippen molar-refractivity contribution in [2.45, 2.75) is 19.9 Å². The van der Waals surface area contributed by atoms with Crippen molar-refractivity contribution in [2.24, 2.45) is 11.7 Å². The van der Waals surface area contributed by atoms with Crippen LogP contribution in [0.25, 0.3) is 0 Å². The molecule has 1 unspecified atom stereocenters. The van der Waals surface area contributed by atoms with E-state index in [2.05, 4.69) is 9.88 Å². The van der Waals surface area contributed by atoms with Crippen molar-refractivity contribution in [3.05, 3.63) is 11.6 Å². The molecule has 100 valence electrons. The van der Waals surface area contributed by atoms with Gasteiger partial charge >= 0.3 is 0 Å². The molecule has 1 aliphatic heterocycles. The summed E-state index contributed by atoms with van der Waals surface area (Å²) in [7, 11) is 0. The molecule has 18 heavy (non-hydrogen) atoms. The van der Waals surface area contributed by atoms with Crippen LogP contribution in [0.15, 0.2) is 11.6 Å². The lowest BCUT2D eigenvalue weighted by Crippen LogP contribution is -2.54. The second-order valence-electron chi connectivity index (χ2n) is 4.90. The summed E-state index contributed by atoms with van der Waals surface area (Å²) in [6.07, 6.45) is 1.81. The van der Waals surface area contributed by atoms with E-state index in [4.69, 9.17) is 5.73 Å². The zero-order valence-corrected chi connectivity index (χ0v) is 11.7. The monoisotopic (exact) mass is 268 g/mol. The molecule has 0 saturated carbocycles. The third-order valence-electron chi connectivity index (χ3n) is 3.28. The van der Waals surface area contributed by atoms with E-state index in [1.54, 1.807) is 11.3 Å². The quantitative estimate of drug-likeness (QED) is 0.880. The van der Waals surface area contributed by atoms with Crippen LogP contribution in [-0.4, -0.2) is 48.0 Å². The van der Waals surface area contributed by atoms with E-state index >= 15 is 0 Å². The maximum Gasteiger partial charge on any atom is 0.239 e. The van der Waals surface area contributed by atoms with Crippen molar-refractivity contribution >= 4 is 22.4 Å². The summed E-state index contributed by atoms with van der Waals surface area (Å²) in [6, 6.07) is -0.378. The van der Waals surface area contributed by atoms with Crippen LogP contribution < -0.4 is 10.6 Å². The first kappa shape index (κ1) is 13.3. The number of hydrogen-bond donors (Lipinski definition) is 1. The van der Waals surface area contributed by atoms with Crippen LogP contribution in [0.1, 0.15) is 13.8 Å². The Bertz CT molecular complexity index is 385. The first-order valence-electron chi connectivity index (χ1n) is 6.28. The molecule has 1 aromatic rings. The SMILES string of the molecule is CC(C)C(N)C(=O)N1CCN(c2nccs2)CC1. The number of nitrogens with two attached hydrogens (primary N) is 1. The van der Waals surface area contributed by atoms with Gasteiger partial charge in [-0.1, -0.05) is 13.8 Å². The zero-order chi connectivity index (χ0) is 13.1. The summed E-state index contributed by atoms with van der Waals surface area (Å²) in [6.45, 7) is 7.11. The number of amides is 1. The number of carbonyl (C=O) groups is 1. The zero-order valence-electron chi connectivity index (χ0n) is 10.9. The van der Waals surface area contributed by atoms with Crippen LogP contribution in [0.3, 0.4) is 0 Å². The van der Waals surface area contributed by atoms with Crippen LogP contribution >= 0.6 is 11.3 Å². The van der Waals surface area contributed by atoms with Gasteiger partial charge in [0.1, 0.15) is 0 Å². The fourth-order valence-corrected chi connectivity index (χ4v) is 2.68. The minimum absolute atomic E-state index is 0.0730. The molecule has 2 heterocycles. The molecule has 1 aromatic heterocycles. The number of nitrogens with zero attached hydrogens (tertiary/aromatic N) is 3. The maximum absolute atomic E-state index is 12.1. The van der Waals surface area contributed by atoms with Gasteiger partial charge in [-0.2, -0.15) is 0 Å². The van der Waals surface area contributed by atoms with Gasteiger partial charge in [0.05, 0.1) is 6.04 Å². The van der Waals surface area contributed by atoms with E-state index < -0.39 is 0 Å². The van der Waals surface area contributed by atoms with E-state index in [1.807, 2.05) is 30.3 Å². The van der Waals surface area contributed by atoms with Crippen LogP contribution in [-0.2, 0) is 4.79 Å². The summed E-state index contributed by atoms with van der Waals surface area (Å²) in [4.78, 5) is 20.5. The van der Waals surface area contributed by atoms with E-state index in [9.17, 15) is 4.79 Å². The van der Waals surface area contributed by atoms with E-state index in [1.165, 1.54) is 0 Å². The highest BCUT2D eigenvalue weighted by Gasteiger charge is 2.27. The summed E-state index contributed by atoms with van der Waals surface area (Å²) < 4.78 is 0. The largest absolute Gasteiger partial charge is 0.345 e. The van der Waals surface area contributed by atoms with Gasteiger partial charge in [-0.25, -0.2) is 4.98 Å². The third-order valence-corrected chi connectivity index (χ3v) is 4.12. The highest BCUT2D eigenvalue weighted by molar-refractivity contribution is 7.13. The Morgan fingerprint density at radius 1 is 1.39 bits per heavy atom. The van der Waals surface area contributed by atoms with E-state index in [-0.39, 0.29) is 17.9 Å². The predicted molar refractivity (Wildman–Crippen MR) is 73.7 cm³/mol. The molecule has 0 bridgehead atoms. The molecule has 6 heteroatoms. The van der Waals surface area contributed by atoms with Crippen molar-refractivity contribution in [1.29, 1.82) is 0 Å². The fraction of sp³-hybridized carbons (Fsp3) is 0.667. The number of hydrogen-bond acceptors (Lipinski definition) is 5. The Kier molecular flexibility index (Phi) is 4.19. The molecule has 0 aliphatic carbocycles. The van der Waals surface area contributed by atoms with E-state index in [0.717, 1.165) is 31.3 Å². The topological polar surface area (TPSA) is 62.5 Å². The molecule has 1 amide bonds. The second-order valence-corrected chi connectivity index (χ2v) is 5.77. The van der Waals surface area contributed by atoms with E-state index in [0.29, 0.717) is 0 Å². The summed E-state index contributed by atoms with van der Waals surface area (Å²) in [5.74, 6) is 0.262. The molecule has 1 atom stereocenters. The van der Waals surface area contributed by atoms with Crippen molar-refractivity contribution in [1.82, 2.24) is 9.88 Å². The number of carbonyl (C=O) groups excluding carboxylic acids is 1. The molecule has 5 nitrogen and oxygen atoms in total. The van der Waals surface area contributed by atoms with Crippen molar-refractivity contribution < 1.29 is 4.79 Å².